The third-order valence-electron chi connectivity index (χ3n) is 1.07. The molecule has 4 heteroatoms. The maximum absolute atomic E-state index is 12.7. The number of halogens is 2. The number of nitrogens with two attached hydrogens (primary N) is 1. The normalized spacial score (nSPS) is 9.90. The summed E-state index contributed by atoms with van der Waals surface area (Å²) in [6.07, 6.45) is 0. The summed E-state index contributed by atoms with van der Waals surface area (Å²) in [5, 5.41) is 0. The molecule has 0 spiro atoms. The van der Waals surface area contributed by atoms with Crippen molar-refractivity contribution in [3.63, 3.8) is 0 Å². The van der Waals surface area contributed by atoms with Crippen molar-refractivity contribution in [2.45, 2.75) is 6.92 Å². The quantitative estimate of drug-likeness (QED) is 0.702. The monoisotopic (exact) mass is 204 g/mol. The number of aromatic nitrogens is 1. The van der Waals surface area contributed by atoms with E-state index in [4.69, 9.17) is 5.73 Å². The molecular weight excluding hydrogens is 199 g/mol. The molecule has 1 aromatic rings. The van der Waals surface area contributed by atoms with E-state index in [1.165, 1.54) is 0 Å². The second-order valence-electron chi connectivity index (χ2n) is 1.94. The standard InChI is InChI=1S/C6H6BrFN2/c1-3-2-4(7)5(8)6(9)10-3/h2H,1H3,(H2,9,10). The molecule has 10 heavy (non-hydrogen) atoms. The highest BCUT2D eigenvalue weighted by Gasteiger charge is 2.04. The molecule has 0 fully saturated rings. The first-order valence-electron chi connectivity index (χ1n) is 2.69. The van der Waals surface area contributed by atoms with Crippen molar-refractivity contribution in [2.75, 3.05) is 5.73 Å². The lowest BCUT2D eigenvalue weighted by molar-refractivity contribution is 0.619. The fraction of sp³-hybridized carbons (Fsp3) is 0.167. The van der Waals surface area contributed by atoms with Crippen molar-refractivity contribution >= 4 is 21.7 Å². The Bertz CT molecular complexity index is 239. The number of anilines is 1. The van der Waals surface area contributed by atoms with Gasteiger partial charge in [-0.2, -0.15) is 0 Å². The first-order valence-corrected chi connectivity index (χ1v) is 3.48. The van der Waals surface area contributed by atoms with Crippen molar-refractivity contribution in [3.05, 3.63) is 22.1 Å². The molecule has 0 aliphatic heterocycles. The Labute approximate surface area is 66.4 Å². The summed E-state index contributed by atoms with van der Waals surface area (Å²) in [6.45, 7) is 1.75. The van der Waals surface area contributed by atoms with Gasteiger partial charge >= 0.3 is 0 Å². The first kappa shape index (κ1) is 7.47. The maximum Gasteiger partial charge on any atom is 0.179 e. The molecule has 0 radical (unpaired) electrons. The van der Waals surface area contributed by atoms with Crippen molar-refractivity contribution in [3.8, 4) is 0 Å². The predicted molar refractivity (Wildman–Crippen MR) is 41.0 cm³/mol. The van der Waals surface area contributed by atoms with E-state index in [1.54, 1.807) is 13.0 Å². The molecule has 1 heterocycles. The minimum absolute atomic E-state index is 0.0631. The van der Waals surface area contributed by atoms with Crippen LogP contribution in [0.2, 0.25) is 0 Å². The number of nitrogen functional groups attached to an aromatic ring is 1. The summed E-state index contributed by atoms with van der Waals surface area (Å²) in [5.41, 5.74) is 5.91. The smallest absolute Gasteiger partial charge is 0.179 e. The lowest BCUT2D eigenvalue weighted by Crippen LogP contribution is -1.97. The summed E-state index contributed by atoms with van der Waals surface area (Å²) in [7, 11) is 0. The van der Waals surface area contributed by atoms with E-state index in [9.17, 15) is 4.39 Å². The van der Waals surface area contributed by atoms with Gasteiger partial charge in [0.1, 0.15) is 0 Å². The van der Waals surface area contributed by atoms with Gasteiger partial charge in [0, 0.05) is 5.69 Å². The van der Waals surface area contributed by atoms with Crippen LogP contribution in [0.15, 0.2) is 10.5 Å². The fourth-order valence-electron chi connectivity index (χ4n) is 0.640. The van der Waals surface area contributed by atoms with E-state index < -0.39 is 5.82 Å². The van der Waals surface area contributed by atoms with Crippen LogP contribution in [0.4, 0.5) is 10.2 Å². The third-order valence-corrected chi connectivity index (χ3v) is 1.64. The molecule has 0 aromatic carbocycles. The highest BCUT2D eigenvalue weighted by molar-refractivity contribution is 9.10. The number of hydrogen-bond donors (Lipinski definition) is 1. The van der Waals surface area contributed by atoms with E-state index in [0.29, 0.717) is 10.2 Å². The highest BCUT2D eigenvalue weighted by Crippen LogP contribution is 2.19. The molecule has 54 valence electrons. The van der Waals surface area contributed by atoms with Crippen LogP contribution in [-0.2, 0) is 0 Å². The van der Waals surface area contributed by atoms with Gasteiger partial charge in [-0.3, -0.25) is 0 Å². The summed E-state index contributed by atoms with van der Waals surface area (Å²) in [6, 6.07) is 1.58. The lowest BCUT2D eigenvalue weighted by Gasteiger charge is -1.98. The average Bonchev–Trinajstić information content (AvgIpc) is 1.82. The average molecular weight is 205 g/mol. The SMILES string of the molecule is Cc1cc(Br)c(F)c(N)n1. The predicted octanol–water partition coefficient (Wildman–Crippen LogP) is 1.87. The van der Waals surface area contributed by atoms with Gasteiger partial charge in [-0.15, -0.1) is 0 Å². The summed E-state index contributed by atoms with van der Waals surface area (Å²) in [4.78, 5) is 3.71. The molecule has 1 rings (SSSR count). The summed E-state index contributed by atoms with van der Waals surface area (Å²) >= 11 is 3.00. The Hall–Kier alpha value is -0.640. The van der Waals surface area contributed by atoms with Gasteiger partial charge in [0.05, 0.1) is 4.47 Å². The number of pyridine rings is 1. The van der Waals surface area contributed by atoms with Gasteiger partial charge in [-0.05, 0) is 28.9 Å². The van der Waals surface area contributed by atoms with Crippen LogP contribution >= 0.6 is 15.9 Å². The Morgan fingerprint density at radius 2 is 2.30 bits per heavy atom. The van der Waals surface area contributed by atoms with E-state index in [1.807, 2.05) is 0 Å². The lowest BCUT2D eigenvalue weighted by atomic mass is 10.3. The molecule has 0 aliphatic rings. The van der Waals surface area contributed by atoms with Crippen LogP contribution in [0, 0.1) is 12.7 Å². The molecule has 1 aromatic heterocycles. The highest BCUT2D eigenvalue weighted by atomic mass is 79.9. The zero-order valence-electron chi connectivity index (χ0n) is 5.36. The zero-order valence-corrected chi connectivity index (χ0v) is 6.94. The van der Waals surface area contributed by atoms with E-state index in [0.717, 1.165) is 0 Å². The van der Waals surface area contributed by atoms with Crippen LogP contribution in [0.1, 0.15) is 5.69 Å². The van der Waals surface area contributed by atoms with Crippen LogP contribution in [0.5, 0.6) is 0 Å². The molecule has 0 bridgehead atoms. The topological polar surface area (TPSA) is 38.9 Å². The van der Waals surface area contributed by atoms with Crippen LogP contribution < -0.4 is 5.73 Å². The molecule has 0 amide bonds. The van der Waals surface area contributed by atoms with E-state index in [-0.39, 0.29) is 5.82 Å². The molecule has 0 saturated heterocycles. The molecule has 2 nitrogen and oxygen atoms in total. The van der Waals surface area contributed by atoms with Gasteiger partial charge < -0.3 is 5.73 Å². The largest absolute Gasteiger partial charge is 0.381 e. The Balaban J connectivity index is 3.31. The molecule has 0 aliphatic carbocycles. The number of hydrogen-bond acceptors (Lipinski definition) is 2. The minimum atomic E-state index is -0.495. The molecule has 2 N–H and O–H groups in total. The molecule has 0 saturated carbocycles. The second kappa shape index (κ2) is 2.54. The van der Waals surface area contributed by atoms with Gasteiger partial charge in [-0.1, -0.05) is 0 Å². The maximum atomic E-state index is 12.7. The minimum Gasteiger partial charge on any atom is -0.381 e. The van der Waals surface area contributed by atoms with Gasteiger partial charge in [0.2, 0.25) is 0 Å². The van der Waals surface area contributed by atoms with E-state index >= 15 is 0 Å². The summed E-state index contributed by atoms with van der Waals surface area (Å²) < 4.78 is 13.0. The molecule has 0 atom stereocenters. The van der Waals surface area contributed by atoms with Crippen molar-refractivity contribution in [1.29, 1.82) is 0 Å². The van der Waals surface area contributed by atoms with Gasteiger partial charge in [0.25, 0.3) is 0 Å². The Morgan fingerprint density at radius 1 is 1.70 bits per heavy atom. The second-order valence-corrected chi connectivity index (χ2v) is 2.80. The fourth-order valence-corrected chi connectivity index (χ4v) is 1.17. The molecular formula is C6H6BrFN2. The zero-order chi connectivity index (χ0) is 7.72. The molecule has 0 unspecified atom stereocenters. The van der Waals surface area contributed by atoms with Gasteiger partial charge in [0.15, 0.2) is 11.6 Å². The van der Waals surface area contributed by atoms with Crippen molar-refractivity contribution in [2.24, 2.45) is 0 Å². The third kappa shape index (κ3) is 1.26. The van der Waals surface area contributed by atoms with Crippen molar-refractivity contribution < 1.29 is 4.39 Å². The number of nitrogens with zero attached hydrogens (tertiary/aromatic N) is 1. The van der Waals surface area contributed by atoms with Crippen molar-refractivity contribution in [1.82, 2.24) is 4.98 Å². The van der Waals surface area contributed by atoms with Crippen LogP contribution in [-0.4, -0.2) is 4.98 Å². The number of rotatable bonds is 0. The number of aryl methyl sites for hydroxylation is 1. The Morgan fingerprint density at radius 3 is 2.80 bits per heavy atom. The van der Waals surface area contributed by atoms with Gasteiger partial charge in [-0.25, -0.2) is 9.37 Å². The summed E-state index contributed by atoms with van der Waals surface area (Å²) in [5.74, 6) is -0.558. The Kier molecular flexibility index (Phi) is 1.89. The first-order chi connectivity index (χ1) is 4.61. The van der Waals surface area contributed by atoms with Crippen LogP contribution in [0.3, 0.4) is 0 Å². The van der Waals surface area contributed by atoms with Crippen LogP contribution in [0.25, 0.3) is 0 Å². The van der Waals surface area contributed by atoms with E-state index in [2.05, 4.69) is 20.9 Å².